The van der Waals surface area contributed by atoms with Crippen LogP contribution in [0, 0.1) is 11.8 Å². The number of sulfone groups is 1. The summed E-state index contributed by atoms with van der Waals surface area (Å²) in [5, 5.41) is 0. The SMILES string of the molecule is CC1C(N)=C(N)C=CC1(C)S(=O)(=O)C1(C)C=CC(N)=C(N)C1C. The molecule has 0 heterocycles. The van der Waals surface area contributed by atoms with Crippen LogP contribution in [0.25, 0.3) is 0 Å². The first-order valence-electron chi connectivity index (χ1n) is 7.53. The second-order valence-corrected chi connectivity index (χ2v) is 9.57. The van der Waals surface area contributed by atoms with Crippen LogP contribution in [-0.4, -0.2) is 17.9 Å². The highest BCUT2D eigenvalue weighted by Gasteiger charge is 2.56. The van der Waals surface area contributed by atoms with E-state index in [9.17, 15) is 8.42 Å². The third-order valence-electron chi connectivity index (χ3n) is 5.66. The molecular formula is C16H26N4O2S. The minimum atomic E-state index is -3.71. The number of allylic oxidation sites excluding steroid dienone is 4. The van der Waals surface area contributed by atoms with Crippen molar-refractivity contribution in [1.82, 2.24) is 0 Å². The third-order valence-corrected chi connectivity index (χ3v) is 8.96. The normalized spacial score (nSPS) is 38.3. The number of hydrogen-bond donors (Lipinski definition) is 4. The third kappa shape index (κ3) is 2.09. The highest BCUT2D eigenvalue weighted by molar-refractivity contribution is 7.94. The predicted octanol–water partition coefficient (Wildman–Crippen LogP) is 0.588. The highest BCUT2D eigenvalue weighted by atomic mass is 32.2. The van der Waals surface area contributed by atoms with Gasteiger partial charge in [-0.2, -0.15) is 0 Å². The van der Waals surface area contributed by atoms with Gasteiger partial charge in [0, 0.05) is 23.2 Å². The molecule has 23 heavy (non-hydrogen) atoms. The van der Waals surface area contributed by atoms with Crippen molar-refractivity contribution >= 4 is 9.84 Å². The molecule has 0 aliphatic heterocycles. The Labute approximate surface area is 137 Å². The Balaban J connectivity index is 2.61. The van der Waals surface area contributed by atoms with Crippen molar-refractivity contribution in [3.63, 3.8) is 0 Å². The highest BCUT2D eigenvalue weighted by Crippen LogP contribution is 2.46. The lowest BCUT2D eigenvalue weighted by atomic mass is 9.85. The lowest BCUT2D eigenvalue weighted by molar-refractivity contribution is 0.442. The van der Waals surface area contributed by atoms with Gasteiger partial charge in [-0.3, -0.25) is 0 Å². The second kappa shape index (κ2) is 5.06. The first kappa shape index (κ1) is 17.5. The Morgan fingerprint density at radius 2 is 1.13 bits per heavy atom. The lowest BCUT2D eigenvalue weighted by Gasteiger charge is -2.45. The summed E-state index contributed by atoms with van der Waals surface area (Å²) >= 11 is 0. The van der Waals surface area contributed by atoms with E-state index in [1.165, 1.54) is 0 Å². The van der Waals surface area contributed by atoms with Gasteiger partial charge in [-0.05, 0) is 26.0 Å². The molecule has 4 unspecified atom stereocenters. The molecule has 6 nitrogen and oxygen atoms in total. The average Bonchev–Trinajstić information content (AvgIpc) is 2.50. The smallest absolute Gasteiger partial charge is 0.169 e. The summed E-state index contributed by atoms with van der Waals surface area (Å²) in [5.74, 6) is -0.890. The van der Waals surface area contributed by atoms with E-state index in [0.717, 1.165) is 0 Å². The molecule has 0 aromatic heterocycles. The summed E-state index contributed by atoms with van der Waals surface area (Å²) in [6.07, 6.45) is 6.40. The van der Waals surface area contributed by atoms with Crippen molar-refractivity contribution in [2.45, 2.75) is 37.2 Å². The van der Waals surface area contributed by atoms with Crippen LogP contribution in [0.5, 0.6) is 0 Å². The molecule has 0 saturated heterocycles. The quantitative estimate of drug-likeness (QED) is 0.581. The Morgan fingerprint density at radius 3 is 1.43 bits per heavy atom. The van der Waals surface area contributed by atoms with Gasteiger partial charge in [0.2, 0.25) is 0 Å². The fraction of sp³-hybridized carbons (Fsp3) is 0.500. The molecule has 128 valence electrons. The molecule has 7 heteroatoms. The van der Waals surface area contributed by atoms with E-state index >= 15 is 0 Å². The van der Waals surface area contributed by atoms with Crippen molar-refractivity contribution in [3.05, 3.63) is 47.1 Å². The van der Waals surface area contributed by atoms with Crippen molar-refractivity contribution < 1.29 is 8.42 Å². The van der Waals surface area contributed by atoms with Crippen molar-refractivity contribution in [2.24, 2.45) is 34.8 Å². The van der Waals surface area contributed by atoms with Gasteiger partial charge in [0.1, 0.15) is 0 Å². The second-order valence-electron chi connectivity index (χ2n) is 6.80. The summed E-state index contributed by atoms with van der Waals surface area (Å²) in [6, 6.07) is 0. The van der Waals surface area contributed by atoms with Gasteiger partial charge >= 0.3 is 0 Å². The van der Waals surface area contributed by atoms with Gasteiger partial charge in [-0.25, -0.2) is 8.42 Å². The Morgan fingerprint density at radius 1 is 0.826 bits per heavy atom. The molecule has 4 atom stereocenters. The fourth-order valence-electron chi connectivity index (χ4n) is 3.23. The number of nitrogens with two attached hydrogens (primary N) is 4. The molecule has 0 amide bonds. The molecule has 0 radical (unpaired) electrons. The lowest BCUT2D eigenvalue weighted by Crippen LogP contribution is -2.56. The fourth-order valence-corrected chi connectivity index (χ4v) is 5.85. The van der Waals surface area contributed by atoms with Crippen LogP contribution in [0.1, 0.15) is 27.7 Å². The molecule has 0 bridgehead atoms. The van der Waals surface area contributed by atoms with Crippen LogP contribution >= 0.6 is 0 Å². The van der Waals surface area contributed by atoms with Gasteiger partial charge in [-0.1, -0.05) is 26.0 Å². The topological polar surface area (TPSA) is 138 Å². The van der Waals surface area contributed by atoms with E-state index in [-0.39, 0.29) is 0 Å². The number of rotatable bonds is 2. The van der Waals surface area contributed by atoms with Crippen LogP contribution in [0.3, 0.4) is 0 Å². The van der Waals surface area contributed by atoms with Gasteiger partial charge in [-0.15, -0.1) is 0 Å². The maximum Gasteiger partial charge on any atom is 0.169 e. The zero-order valence-corrected chi connectivity index (χ0v) is 14.8. The number of hydrogen-bond acceptors (Lipinski definition) is 6. The molecular weight excluding hydrogens is 312 g/mol. The van der Waals surface area contributed by atoms with Gasteiger partial charge in [0.25, 0.3) is 0 Å². The van der Waals surface area contributed by atoms with Crippen molar-refractivity contribution in [2.75, 3.05) is 0 Å². The summed E-state index contributed by atoms with van der Waals surface area (Å²) < 4.78 is 24.8. The molecule has 0 fully saturated rings. The van der Waals surface area contributed by atoms with Crippen LogP contribution in [-0.2, 0) is 9.84 Å². The van der Waals surface area contributed by atoms with Crippen molar-refractivity contribution in [3.8, 4) is 0 Å². The monoisotopic (exact) mass is 338 g/mol. The van der Waals surface area contributed by atoms with E-state index < -0.39 is 31.2 Å². The van der Waals surface area contributed by atoms with E-state index in [4.69, 9.17) is 22.9 Å². The first-order chi connectivity index (χ1) is 10.4. The summed E-state index contributed by atoms with van der Waals surface area (Å²) in [7, 11) is -3.71. The summed E-state index contributed by atoms with van der Waals surface area (Å²) in [6.45, 7) is 6.90. The zero-order valence-electron chi connectivity index (χ0n) is 14.0. The maximum absolute atomic E-state index is 13.6. The zero-order chi connectivity index (χ0) is 17.8. The Hall–Kier alpha value is -1.89. The largest absolute Gasteiger partial charge is 0.400 e. The van der Waals surface area contributed by atoms with Gasteiger partial charge in [0.05, 0.1) is 20.9 Å². The van der Waals surface area contributed by atoms with Crippen LogP contribution in [0.4, 0.5) is 0 Å². The van der Waals surface area contributed by atoms with Crippen LogP contribution < -0.4 is 22.9 Å². The van der Waals surface area contributed by atoms with E-state index in [1.807, 2.05) is 0 Å². The molecule has 2 rings (SSSR count). The maximum atomic E-state index is 13.6. The van der Waals surface area contributed by atoms with E-state index in [2.05, 4.69) is 0 Å². The molecule has 2 aliphatic carbocycles. The molecule has 0 spiro atoms. The minimum Gasteiger partial charge on any atom is -0.400 e. The molecule has 0 aromatic carbocycles. The van der Waals surface area contributed by atoms with E-state index in [1.54, 1.807) is 52.0 Å². The van der Waals surface area contributed by atoms with Crippen LogP contribution in [0.2, 0.25) is 0 Å². The van der Waals surface area contributed by atoms with Crippen LogP contribution in [0.15, 0.2) is 47.1 Å². The summed E-state index contributed by atoms with van der Waals surface area (Å²) in [5.41, 5.74) is 25.3. The molecule has 0 saturated carbocycles. The Kier molecular flexibility index (Phi) is 3.84. The molecule has 2 aliphatic rings. The van der Waals surface area contributed by atoms with E-state index in [0.29, 0.717) is 22.8 Å². The average molecular weight is 338 g/mol. The molecule has 8 N–H and O–H groups in total. The standard InChI is InChI=1S/C16H26N4O2S/c1-9-13(19)11(17)5-7-15(9,3)23(21,22)16(4)8-6-12(18)14(20)10(16)2/h5-10H,17-20H2,1-4H3. The van der Waals surface area contributed by atoms with Gasteiger partial charge in [0.15, 0.2) is 9.84 Å². The minimum absolute atomic E-state index is 0.387. The summed E-state index contributed by atoms with van der Waals surface area (Å²) in [4.78, 5) is 0. The van der Waals surface area contributed by atoms with Crippen molar-refractivity contribution in [1.29, 1.82) is 0 Å². The first-order valence-corrected chi connectivity index (χ1v) is 9.01. The predicted molar refractivity (Wildman–Crippen MR) is 93.1 cm³/mol. The van der Waals surface area contributed by atoms with Gasteiger partial charge < -0.3 is 22.9 Å². The molecule has 0 aromatic rings. The Bertz CT molecular complexity index is 705.